The number of hydrogen-bond acceptors (Lipinski definition) is 0. The minimum Gasteiger partial charge on any atom is -0.0163 e. The van der Waals surface area contributed by atoms with Crippen LogP contribution in [0.5, 0.6) is 0 Å². The Hall–Kier alpha value is 0.830. The zero-order chi connectivity index (χ0) is 6.73. The van der Waals surface area contributed by atoms with E-state index in [2.05, 4.69) is 42.5 Å². The summed E-state index contributed by atoms with van der Waals surface area (Å²) in [6, 6.07) is 0. The van der Waals surface area contributed by atoms with Crippen LogP contribution in [0.2, 0.25) is 0 Å². The Morgan fingerprint density at radius 3 is 1.25 bits per heavy atom. The molecule has 0 amide bonds. The molecule has 0 heterocycles. The van der Waals surface area contributed by atoms with Crippen LogP contribution in [0.25, 0.3) is 0 Å². The predicted molar refractivity (Wildman–Crippen MR) is 46.6 cm³/mol. The van der Waals surface area contributed by atoms with E-state index in [1.54, 1.807) is 0 Å². The van der Waals surface area contributed by atoms with Gasteiger partial charge in [-0.3, -0.25) is 0 Å². The Labute approximate surface area is 62.6 Å². The van der Waals surface area contributed by atoms with Gasteiger partial charge >= 0.3 is 0 Å². The van der Waals surface area contributed by atoms with E-state index in [4.69, 9.17) is 0 Å². The molecule has 0 saturated heterocycles. The largest absolute Gasteiger partial charge is 0.232 e. The van der Waals surface area contributed by atoms with Gasteiger partial charge in [-0.25, -0.2) is 0 Å². The van der Waals surface area contributed by atoms with Gasteiger partial charge < -0.3 is 0 Å². The summed E-state index contributed by atoms with van der Waals surface area (Å²) < 4.78 is 0. The van der Waals surface area contributed by atoms with Crippen LogP contribution in [-0.2, 0) is 9.33 Å². The van der Waals surface area contributed by atoms with Crippen molar-refractivity contribution in [2.24, 2.45) is 0 Å². The maximum absolute atomic E-state index is 3.63. The summed E-state index contributed by atoms with van der Waals surface area (Å²) in [7, 11) is 0.439. The third-order valence-corrected chi connectivity index (χ3v) is 7.19. The summed E-state index contributed by atoms with van der Waals surface area (Å²) in [6.45, 7) is 8.99. The van der Waals surface area contributed by atoms with Crippen molar-refractivity contribution in [3.63, 3.8) is 0 Å². The van der Waals surface area contributed by atoms with E-state index in [0.717, 1.165) is 10.5 Å². The van der Waals surface area contributed by atoms with Crippen LogP contribution in [-0.4, -0.2) is 10.5 Å². The van der Waals surface area contributed by atoms with Crippen molar-refractivity contribution < 1.29 is 0 Å². The molecule has 0 aliphatic carbocycles. The van der Waals surface area contributed by atoms with Crippen LogP contribution in [0.15, 0.2) is 0 Å². The highest BCUT2D eigenvalue weighted by Gasteiger charge is 2.23. The molecular weight excluding hydrogens is 184 g/mol. The molecule has 0 aromatic rings. The van der Waals surface area contributed by atoms with Gasteiger partial charge in [0.25, 0.3) is 0 Å². The van der Waals surface area contributed by atoms with Crippen LogP contribution < -0.4 is 0 Å². The van der Waals surface area contributed by atoms with E-state index in [0.29, 0.717) is 9.33 Å². The van der Waals surface area contributed by atoms with E-state index >= 15 is 0 Å². The van der Waals surface area contributed by atoms with Gasteiger partial charge in [0.15, 0.2) is 0 Å². The Kier molecular flexibility index (Phi) is 4.17. The molecule has 0 spiro atoms. The number of halogens is 1. The van der Waals surface area contributed by atoms with E-state index in [1.165, 1.54) is 0 Å². The second kappa shape index (κ2) is 3.78. The second-order valence-corrected chi connectivity index (χ2v) is 7.17. The second-order valence-electron chi connectivity index (χ2n) is 2.41. The van der Waals surface area contributed by atoms with Gasteiger partial charge in [-0.1, -0.05) is 0 Å². The van der Waals surface area contributed by atoms with Gasteiger partial charge in [-0.15, -0.1) is 0 Å². The molecule has 8 heavy (non-hydrogen) atoms. The molecule has 50 valence electrons. The fraction of sp³-hybridized carbons (Fsp3) is 1.00. The average Bonchev–Trinajstić information content (AvgIpc) is 1.64. The topological polar surface area (TPSA) is 0 Å². The lowest BCUT2D eigenvalue weighted by atomic mass is 10.6. The zero-order valence-electron chi connectivity index (χ0n) is 5.94. The molecule has 0 rings (SSSR count). The summed E-state index contributed by atoms with van der Waals surface area (Å²) in [6.07, 6.45) is 0. The fourth-order valence-electron chi connectivity index (χ4n) is 0.544. The lowest BCUT2D eigenvalue weighted by molar-refractivity contribution is 1.04. The smallest absolute Gasteiger partial charge is 0.0163 e. The van der Waals surface area contributed by atoms with Crippen LogP contribution >= 0.6 is 14.8 Å². The minimum absolute atomic E-state index is 0.439. The van der Waals surface area contributed by atoms with Crippen LogP contribution in [0.4, 0.5) is 0 Å². The monoisotopic (exact) mass is 197 g/mol. The van der Waals surface area contributed by atoms with Crippen LogP contribution in [0.1, 0.15) is 27.7 Å². The first-order chi connectivity index (χ1) is 3.55. The molecule has 2 heteroatoms. The summed E-state index contributed by atoms with van der Waals surface area (Å²) in [5, 5.41) is 1.57. The molecular formula is C6H14BrS+. The molecule has 0 unspecified atom stereocenters. The van der Waals surface area contributed by atoms with Crippen molar-refractivity contribution in [1.82, 2.24) is 0 Å². The Bertz CT molecular complexity index is 53.5. The van der Waals surface area contributed by atoms with Gasteiger partial charge in [0, 0.05) is 0 Å². The predicted octanol–water partition coefficient (Wildman–Crippen LogP) is 2.73. The standard InChI is InChI=1S/C6H14BrS/c1-5(2)8(7)6(3)4/h5-6H,1-4H3/q+1. The first-order valence-electron chi connectivity index (χ1n) is 2.94. The van der Waals surface area contributed by atoms with E-state index in [1.807, 2.05) is 0 Å². The fourth-order valence-corrected chi connectivity index (χ4v) is 1.63. The van der Waals surface area contributed by atoms with E-state index < -0.39 is 0 Å². The van der Waals surface area contributed by atoms with Gasteiger partial charge in [-0.05, 0) is 27.7 Å². The van der Waals surface area contributed by atoms with Crippen molar-refractivity contribution >= 4 is 24.1 Å². The summed E-state index contributed by atoms with van der Waals surface area (Å²) in [5.41, 5.74) is 0. The normalized spacial score (nSPS) is 12.0. The molecule has 0 saturated carbocycles. The van der Waals surface area contributed by atoms with Gasteiger partial charge in [0.2, 0.25) is 14.8 Å². The third kappa shape index (κ3) is 2.98. The minimum atomic E-state index is 0.439. The first-order valence-corrected chi connectivity index (χ1v) is 6.13. The SMILES string of the molecule is CC(C)[S+](Br)C(C)C. The average molecular weight is 198 g/mol. The van der Waals surface area contributed by atoms with Crippen LogP contribution in [0.3, 0.4) is 0 Å². The van der Waals surface area contributed by atoms with Crippen molar-refractivity contribution in [2.45, 2.75) is 38.2 Å². The molecule has 0 nitrogen and oxygen atoms in total. The molecule has 0 aromatic heterocycles. The van der Waals surface area contributed by atoms with Gasteiger partial charge in [0.05, 0.1) is 9.33 Å². The lowest BCUT2D eigenvalue weighted by Gasteiger charge is -2.05. The molecule has 0 fully saturated rings. The lowest BCUT2D eigenvalue weighted by Crippen LogP contribution is -2.16. The first kappa shape index (κ1) is 8.83. The molecule has 0 bridgehead atoms. The highest BCUT2D eigenvalue weighted by atomic mass is 79.9. The molecule has 0 aromatic carbocycles. The van der Waals surface area contributed by atoms with Crippen LogP contribution in [0, 0.1) is 0 Å². The van der Waals surface area contributed by atoms with Crippen molar-refractivity contribution in [3.05, 3.63) is 0 Å². The zero-order valence-corrected chi connectivity index (χ0v) is 8.34. The maximum Gasteiger partial charge on any atom is 0.232 e. The summed E-state index contributed by atoms with van der Waals surface area (Å²) >= 11 is 3.63. The number of hydrogen-bond donors (Lipinski definition) is 0. The molecule has 0 radical (unpaired) electrons. The van der Waals surface area contributed by atoms with Gasteiger partial charge in [0.1, 0.15) is 10.5 Å². The summed E-state index contributed by atoms with van der Waals surface area (Å²) in [5.74, 6) is 0. The Morgan fingerprint density at radius 1 is 1.00 bits per heavy atom. The quantitative estimate of drug-likeness (QED) is 0.598. The summed E-state index contributed by atoms with van der Waals surface area (Å²) in [4.78, 5) is 0. The van der Waals surface area contributed by atoms with E-state index in [-0.39, 0.29) is 0 Å². The van der Waals surface area contributed by atoms with E-state index in [9.17, 15) is 0 Å². The highest BCUT2D eigenvalue weighted by Crippen LogP contribution is 2.18. The molecule has 0 N–H and O–H groups in total. The van der Waals surface area contributed by atoms with Gasteiger partial charge in [-0.2, -0.15) is 0 Å². The van der Waals surface area contributed by atoms with Crippen molar-refractivity contribution in [3.8, 4) is 0 Å². The highest BCUT2D eigenvalue weighted by molar-refractivity contribution is 9.48. The number of rotatable bonds is 2. The van der Waals surface area contributed by atoms with Crippen molar-refractivity contribution in [2.75, 3.05) is 0 Å². The van der Waals surface area contributed by atoms with Crippen molar-refractivity contribution in [1.29, 1.82) is 0 Å². The molecule has 0 aliphatic rings. The Balaban J connectivity index is 3.46. The Morgan fingerprint density at radius 2 is 1.25 bits per heavy atom. The third-order valence-electron chi connectivity index (χ3n) is 0.901. The molecule has 0 aliphatic heterocycles. The maximum atomic E-state index is 3.63. The molecule has 0 atom stereocenters.